The van der Waals surface area contributed by atoms with E-state index in [0.29, 0.717) is 24.5 Å². The van der Waals surface area contributed by atoms with Crippen LogP contribution in [0.2, 0.25) is 0 Å². The normalized spacial score (nSPS) is 22.0. The van der Waals surface area contributed by atoms with Crippen molar-refractivity contribution in [1.82, 2.24) is 14.6 Å². The number of rotatable bonds is 5. The number of aromatic nitrogens is 1. The van der Waals surface area contributed by atoms with Crippen molar-refractivity contribution in [3.8, 4) is 0 Å². The van der Waals surface area contributed by atoms with E-state index in [0.717, 1.165) is 0 Å². The van der Waals surface area contributed by atoms with E-state index in [1.807, 2.05) is 0 Å². The van der Waals surface area contributed by atoms with Crippen molar-refractivity contribution in [3.63, 3.8) is 0 Å². The number of amides is 1. The molecule has 8 heteroatoms. The monoisotopic (exact) mass is 327 g/mol. The second kappa shape index (κ2) is 6.72. The Morgan fingerprint density at radius 3 is 2.82 bits per heavy atom. The third-order valence-corrected chi connectivity index (χ3v) is 5.71. The SMILES string of the molecule is Cc1ncccc1C(=O)N[C@H]1COC[C@H]1CS(=O)(=O)N(C)C. The fraction of sp³-hybridized carbons (Fsp3) is 0.571. The molecule has 0 unspecified atom stereocenters. The molecule has 0 saturated carbocycles. The Morgan fingerprint density at radius 1 is 1.45 bits per heavy atom. The molecule has 2 atom stereocenters. The van der Waals surface area contributed by atoms with E-state index < -0.39 is 10.0 Å². The molecule has 0 aromatic carbocycles. The number of hydrogen-bond acceptors (Lipinski definition) is 5. The number of aryl methyl sites for hydroxylation is 1. The van der Waals surface area contributed by atoms with Gasteiger partial charge in [0.25, 0.3) is 5.91 Å². The number of ether oxygens (including phenoxy) is 1. The van der Waals surface area contributed by atoms with E-state index in [-0.39, 0.29) is 23.6 Å². The molecule has 1 aromatic rings. The fourth-order valence-electron chi connectivity index (χ4n) is 2.31. The number of carbonyl (C=O) groups is 1. The van der Waals surface area contributed by atoms with Crippen molar-refractivity contribution in [2.24, 2.45) is 5.92 Å². The summed E-state index contributed by atoms with van der Waals surface area (Å²) in [7, 11) is -0.338. The molecule has 0 bridgehead atoms. The Hall–Kier alpha value is -1.51. The number of pyridine rings is 1. The molecule has 22 heavy (non-hydrogen) atoms. The highest BCUT2D eigenvalue weighted by atomic mass is 32.2. The van der Waals surface area contributed by atoms with Crippen molar-refractivity contribution in [3.05, 3.63) is 29.6 Å². The lowest BCUT2D eigenvalue weighted by Gasteiger charge is -2.21. The summed E-state index contributed by atoms with van der Waals surface area (Å²) in [4.78, 5) is 16.4. The third-order valence-electron chi connectivity index (χ3n) is 3.75. The van der Waals surface area contributed by atoms with Crippen LogP contribution in [0.3, 0.4) is 0 Å². The summed E-state index contributed by atoms with van der Waals surface area (Å²) in [6.07, 6.45) is 1.62. The molecular weight excluding hydrogens is 306 g/mol. The summed E-state index contributed by atoms with van der Waals surface area (Å²) in [5.41, 5.74) is 1.12. The lowest BCUT2D eigenvalue weighted by Crippen LogP contribution is -2.43. The molecule has 2 heterocycles. The summed E-state index contributed by atoms with van der Waals surface area (Å²) >= 11 is 0. The van der Waals surface area contributed by atoms with Crippen LogP contribution in [0.15, 0.2) is 18.3 Å². The zero-order chi connectivity index (χ0) is 16.3. The van der Waals surface area contributed by atoms with Crippen LogP contribution in [0.5, 0.6) is 0 Å². The van der Waals surface area contributed by atoms with E-state index in [2.05, 4.69) is 10.3 Å². The number of carbonyl (C=O) groups excluding carboxylic acids is 1. The topological polar surface area (TPSA) is 88.6 Å². The number of nitrogens with zero attached hydrogens (tertiary/aromatic N) is 2. The van der Waals surface area contributed by atoms with E-state index in [1.54, 1.807) is 25.3 Å². The largest absolute Gasteiger partial charge is 0.379 e. The van der Waals surface area contributed by atoms with Crippen LogP contribution in [0, 0.1) is 12.8 Å². The van der Waals surface area contributed by atoms with Crippen molar-refractivity contribution in [2.45, 2.75) is 13.0 Å². The van der Waals surface area contributed by atoms with Gasteiger partial charge in [-0.1, -0.05) is 0 Å². The van der Waals surface area contributed by atoms with E-state index >= 15 is 0 Å². The maximum atomic E-state index is 12.3. The Kier molecular flexibility index (Phi) is 5.15. The van der Waals surface area contributed by atoms with Gasteiger partial charge in [0, 0.05) is 31.9 Å². The molecular formula is C14H21N3O4S. The van der Waals surface area contributed by atoms with Gasteiger partial charge in [-0.3, -0.25) is 9.78 Å². The van der Waals surface area contributed by atoms with Crippen LogP contribution in [-0.4, -0.2) is 62.7 Å². The summed E-state index contributed by atoms with van der Waals surface area (Å²) in [5.74, 6) is -0.557. The zero-order valence-electron chi connectivity index (χ0n) is 12.9. The summed E-state index contributed by atoms with van der Waals surface area (Å²) in [5, 5.41) is 2.86. The standard InChI is InChI=1S/C14H21N3O4S/c1-10-12(5-4-6-15-10)14(18)16-13-8-21-7-11(13)9-22(19,20)17(2)3/h4-6,11,13H,7-9H2,1-3H3,(H,16,18)/t11-,13-/m0/s1. The minimum atomic E-state index is -3.33. The van der Waals surface area contributed by atoms with Crippen LogP contribution in [0.25, 0.3) is 0 Å². The van der Waals surface area contributed by atoms with Gasteiger partial charge in [0.1, 0.15) is 0 Å². The second-order valence-electron chi connectivity index (χ2n) is 5.57. The number of sulfonamides is 1. The van der Waals surface area contributed by atoms with Gasteiger partial charge in [-0.25, -0.2) is 12.7 Å². The smallest absolute Gasteiger partial charge is 0.253 e. The minimum absolute atomic E-state index is 0.0447. The van der Waals surface area contributed by atoms with Gasteiger partial charge < -0.3 is 10.1 Å². The molecule has 7 nitrogen and oxygen atoms in total. The lowest BCUT2D eigenvalue weighted by atomic mass is 10.1. The van der Waals surface area contributed by atoms with Crippen molar-refractivity contribution >= 4 is 15.9 Å². The highest BCUT2D eigenvalue weighted by molar-refractivity contribution is 7.89. The number of nitrogens with one attached hydrogen (secondary N) is 1. The maximum Gasteiger partial charge on any atom is 0.253 e. The van der Waals surface area contributed by atoms with Gasteiger partial charge >= 0.3 is 0 Å². The molecule has 122 valence electrons. The van der Waals surface area contributed by atoms with Crippen LogP contribution in [0.1, 0.15) is 16.1 Å². The molecule has 1 amide bonds. The Bertz CT molecular complexity index is 645. The second-order valence-corrected chi connectivity index (χ2v) is 7.80. The Balaban J connectivity index is 2.06. The van der Waals surface area contributed by atoms with Crippen molar-refractivity contribution in [1.29, 1.82) is 0 Å². The third kappa shape index (κ3) is 3.82. The molecule has 1 saturated heterocycles. The van der Waals surface area contributed by atoms with Crippen LogP contribution >= 0.6 is 0 Å². The molecule has 1 fully saturated rings. The van der Waals surface area contributed by atoms with E-state index in [1.165, 1.54) is 18.4 Å². The van der Waals surface area contributed by atoms with Gasteiger partial charge in [0.15, 0.2) is 0 Å². The predicted octanol–water partition coefficient (Wildman–Crippen LogP) is 0.0262. The average Bonchev–Trinajstić information content (AvgIpc) is 2.85. The molecule has 0 spiro atoms. The average molecular weight is 327 g/mol. The van der Waals surface area contributed by atoms with Gasteiger partial charge in [-0.15, -0.1) is 0 Å². The quantitative estimate of drug-likeness (QED) is 0.824. The first kappa shape index (κ1) is 16.9. The van der Waals surface area contributed by atoms with Crippen LogP contribution < -0.4 is 5.32 Å². The Labute approximate surface area is 130 Å². The van der Waals surface area contributed by atoms with Crippen molar-refractivity contribution < 1.29 is 17.9 Å². The minimum Gasteiger partial charge on any atom is -0.379 e. The lowest BCUT2D eigenvalue weighted by molar-refractivity contribution is 0.0925. The molecule has 1 aliphatic heterocycles. The maximum absolute atomic E-state index is 12.3. The first-order chi connectivity index (χ1) is 10.3. The first-order valence-electron chi connectivity index (χ1n) is 7.01. The van der Waals surface area contributed by atoms with Gasteiger partial charge in [-0.05, 0) is 19.1 Å². The zero-order valence-corrected chi connectivity index (χ0v) is 13.8. The predicted molar refractivity (Wildman–Crippen MR) is 82.0 cm³/mol. The fourth-order valence-corrected chi connectivity index (χ4v) is 3.48. The summed E-state index contributed by atoms with van der Waals surface area (Å²) in [6.45, 7) is 2.40. The molecule has 1 aliphatic rings. The summed E-state index contributed by atoms with van der Waals surface area (Å²) < 4.78 is 30.5. The van der Waals surface area contributed by atoms with Crippen molar-refractivity contribution in [2.75, 3.05) is 33.1 Å². The summed E-state index contributed by atoms with van der Waals surface area (Å²) in [6, 6.07) is 3.07. The molecule has 0 radical (unpaired) electrons. The molecule has 1 aromatic heterocycles. The van der Waals surface area contributed by atoms with Gasteiger partial charge in [-0.2, -0.15) is 0 Å². The molecule has 1 N–H and O–H groups in total. The molecule has 0 aliphatic carbocycles. The van der Waals surface area contributed by atoms with Gasteiger partial charge in [0.2, 0.25) is 10.0 Å². The van der Waals surface area contributed by atoms with E-state index in [4.69, 9.17) is 4.74 Å². The number of hydrogen-bond donors (Lipinski definition) is 1. The van der Waals surface area contributed by atoms with Crippen LogP contribution in [-0.2, 0) is 14.8 Å². The highest BCUT2D eigenvalue weighted by Gasteiger charge is 2.34. The highest BCUT2D eigenvalue weighted by Crippen LogP contribution is 2.18. The molecule has 2 rings (SSSR count). The Morgan fingerprint density at radius 2 is 2.18 bits per heavy atom. The van der Waals surface area contributed by atoms with Gasteiger partial charge in [0.05, 0.1) is 30.6 Å². The van der Waals surface area contributed by atoms with E-state index in [9.17, 15) is 13.2 Å². The first-order valence-corrected chi connectivity index (χ1v) is 8.62. The van der Waals surface area contributed by atoms with Crippen LogP contribution in [0.4, 0.5) is 0 Å².